The van der Waals surface area contributed by atoms with Gasteiger partial charge in [-0.05, 0) is 24.6 Å². The summed E-state index contributed by atoms with van der Waals surface area (Å²) in [7, 11) is -0.369. The van der Waals surface area contributed by atoms with Gasteiger partial charge in [-0.25, -0.2) is 4.98 Å². The van der Waals surface area contributed by atoms with E-state index in [1.807, 2.05) is 25.9 Å². The molecule has 24 heavy (non-hydrogen) atoms. The standard InChI is InChI=1S/C15H18N5O3P/c1-10-13(8-11-4-6-12(7-5-11)24(21,22)23)14(19(2)3)20-15(18-10)16-9-17-20/h4-7,9H,8H2,1-3H3,(H2,21,22,23). The lowest BCUT2D eigenvalue weighted by Crippen LogP contribution is -2.18. The Morgan fingerprint density at radius 1 is 1.21 bits per heavy atom. The second-order valence-electron chi connectivity index (χ2n) is 5.75. The maximum absolute atomic E-state index is 11.3. The van der Waals surface area contributed by atoms with Gasteiger partial charge in [0.1, 0.15) is 12.1 Å². The SMILES string of the molecule is Cc1nc2ncnn2c(N(C)C)c1Cc1ccc(P(=O)(O)O)cc1. The van der Waals surface area contributed by atoms with Crippen LogP contribution in [0.4, 0.5) is 5.82 Å². The molecule has 9 heteroatoms. The monoisotopic (exact) mass is 347 g/mol. The number of benzene rings is 1. The molecule has 0 radical (unpaired) electrons. The van der Waals surface area contributed by atoms with E-state index in [4.69, 9.17) is 0 Å². The van der Waals surface area contributed by atoms with Crippen LogP contribution in [0, 0.1) is 6.92 Å². The summed E-state index contributed by atoms with van der Waals surface area (Å²) in [4.78, 5) is 29.0. The average molecular weight is 347 g/mol. The Balaban J connectivity index is 2.05. The number of aromatic nitrogens is 4. The van der Waals surface area contributed by atoms with Crippen LogP contribution in [-0.4, -0.2) is 43.5 Å². The molecular weight excluding hydrogens is 329 g/mol. The second kappa shape index (κ2) is 5.98. The fraction of sp³-hybridized carbons (Fsp3) is 0.267. The summed E-state index contributed by atoms with van der Waals surface area (Å²) >= 11 is 0. The van der Waals surface area contributed by atoms with Gasteiger partial charge in [0.2, 0.25) is 0 Å². The minimum Gasteiger partial charge on any atom is -0.362 e. The highest BCUT2D eigenvalue weighted by atomic mass is 31.2. The van der Waals surface area contributed by atoms with Crippen molar-refractivity contribution < 1.29 is 14.4 Å². The van der Waals surface area contributed by atoms with Crippen LogP contribution in [0.5, 0.6) is 0 Å². The molecule has 0 amide bonds. The molecule has 126 valence electrons. The Labute approximate surface area is 139 Å². The van der Waals surface area contributed by atoms with Crippen molar-refractivity contribution >= 4 is 24.5 Å². The van der Waals surface area contributed by atoms with Gasteiger partial charge in [0.15, 0.2) is 0 Å². The quantitative estimate of drug-likeness (QED) is 0.676. The smallest absolute Gasteiger partial charge is 0.356 e. The summed E-state index contributed by atoms with van der Waals surface area (Å²) in [5.41, 5.74) is 2.76. The summed E-state index contributed by atoms with van der Waals surface area (Å²) in [5.74, 6) is 1.42. The Bertz CT molecular complexity index is 930. The van der Waals surface area contributed by atoms with Crippen LogP contribution in [-0.2, 0) is 11.0 Å². The van der Waals surface area contributed by atoms with Crippen molar-refractivity contribution in [1.29, 1.82) is 0 Å². The van der Waals surface area contributed by atoms with Crippen LogP contribution < -0.4 is 10.2 Å². The van der Waals surface area contributed by atoms with Crippen LogP contribution >= 0.6 is 7.60 Å². The van der Waals surface area contributed by atoms with Crippen LogP contribution in [0.15, 0.2) is 30.6 Å². The van der Waals surface area contributed by atoms with E-state index in [1.165, 1.54) is 18.5 Å². The first-order valence-corrected chi connectivity index (χ1v) is 8.90. The highest BCUT2D eigenvalue weighted by molar-refractivity contribution is 7.60. The molecule has 0 aliphatic carbocycles. The maximum atomic E-state index is 11.3. The third kappa shape index (κ3) is 3.03. The molecule has 3 rings (SSSR count). The number of nitrogens with zero attached hydrogens (tertiary/aromatic N) is 5. The van der Waals surface area contributed by atoms with Crippen LogP contribution in [0.1, 0.15) is 16.8 Å². The Hall–Kier alpha value is -2.28. The van der Waals surface area contributed by atoms with Crippen LogP contribution in [0.3, 0.4) is 0 Å². The van der Waals surface area contributed by atoms with Gasteiger partial charge in [0, 0.05) is 31.8 Å². The second-order valence-corrected chi connectivity index (χ2v) is 7.36. The first-order valence-electron chi connectivity index (χ1n) is 7.29. The summed E-state index contributed by atoms with van der Waals surface area (Å²) in [6, 6.07) is 6.36. The van der Waals surface area contributed by atoms with E-state index < -0.39 is 7.60 Å². The molecule has 0 aliphatic heterocycles. The van der Waals surface area contributed by atoms with Gasteiger partial charge in [-0.1, -0.05) is 12.1 Å². The van der Waals surface area contributed by atoms with Crippen molar-refractivity contribution in [3.63, 3.8) is 0 Å². The molecule has 0 saturated carbocycles. The van der Waals surface area contributed by atoms with E-state index in [1.54, 1.807) is 16.6 Å². The van der Waals surface area contributed by atoms with E-state index in [0.29, 0.717) is 12.2 Å². The van der Waals surface area contributed by atoms with Crippen molar-refractivity contribution in [3.8, 4) is 0 Å². The van der Waals surface area contributed by atoms with Crippen molar-refractivity contribution in [2.24, 2.45) is 0 Å². The van der Waals surface area contributed by atoms with Gasteiger partial charge in [0.25, 0.3) is 5.78 Å². The van der Waals surface area contributed by atoms with E-state index in [0.717, 1.165) is 22.6 Å². The minimum atomic E-state index is -4.22. The first kappa shape index (κ1) is 16.6. The zero-order valence-corrected chi connectivity index (χ0v) is 14.5. The van der Waals surface area contributed by atoms with E-state index in [2.05, 4.69) is 15.1 Å². The molecule has 0 fully saturated rings. The molecular formula is C15H18N5O3P. The maximum Gasteiger partial charge on any atom is 0.356 e. The molecule has 2 aromatic heterocycles. The van der Waals surface area contributed by atoms with Crippen LogP contribution in [0.2, 0.25) is 0 Å². The van der Waals surface area contributed by atoms with Crippen LogP contribution in [0.25, 0.3) is 5.78 Å². The molecule has 8 nitrogen and oxygen atoms in total. The van der Waals surface area contributed by atoms with Gasteiger partial charge >= 0.3 is 7.60 Å². The molecule has 2 heterocycles. The third-order valence-corrected chi connectivity index (χ3v) is 4.75. The highest BCUT2D eigenvalue weighted by Gasteiger charge is 2.18. The normalized spacial score (nSPS) is 11.9. The number of hydrogen-bond donors (Lipinski definition) is 2. The highest BCUT2D eigenvalue weighted by Crippen LogP contribution is 2.33. The van der Waals surface area contributed by atoms with E-state index in [-0.39, 0.29) is 5.30 Å². The lowest BCUT2D eigenvalue weighted by molar-refractivity contribution is 0.387. The lowest BCUT2D eigenvalue weighted by atomic mass is 10.0. The summed E-state index contributed by atoms with van der Waals surface area (Å²) in [5, 5.41) is 4.24. The zero-order valence-electron chi connectivity index (χ0n) is 13.6. The Morgan fingerprint density at radius 3 is 2.46 bits per heavy atom. The number of hydrogen-bond acceptors (Lipinski definition) is 5. The number of aryl methyl sites for hydroxylation is 1. The van der Waals surface area contributed by atoms with E-state index >= 15 is 0 Å². The van der Waals surface area contributed by atoms with Gasteiger partial charge < -0.3 is 14.7 Å². The van der Waals surface area contributed by atoms with Gasteiger partial charge in [-0.2, -0.15) is 14.6 Å². The molecule has 2 N–H and O–H groups in total. The predicted molar refractivity (Wildman–Crippen MR) is 90.8 cm³/mol. The summed E-state index contributed by atoms with van der Waals surface area (Å²) in [6.45, 7) is 1.92. The van der Waals surface area contributed by atoms with Crippen molar-refractivity contribution in [2.45, 2.75) is 13.3 Å². The molecule has 0 atom stereocenters. The molecule has 0 aliphatic rings. The molecule has 0 bridgehead atoms. The third-order valence-electron chi connectivity index (χ3n) is 3.78. The largest absolute Gasteiger partial charge is 0.362 e. The van der Waals surface area contributed by atoms with E-state index in [9.17, 15) is 14.4 Å². The predicted octanol–water partition coefficient (Wildman–Crippen LogP) is 0.893. The topological polar surface area (TPSA) is 104 Å². The average Bonchev–Trinajstić information content (AvgIpc) is 2.94. The van der Waals surface area contributed by atoms with Gasteiger partial charge in [0.05, 0.1) is 5.30 Å². The summed E-state index contributed by atoms with van der Waals surface area (Å²) < 4.78 is 13.0. The van der Waals surface area contributed by atoms with Crippen molar-refractivity contribution in [1.82, 2.24) is 19.6 Å². The first-order chi connectivity index (χ1) is 11.3. The summed E-state index contributed by atoms with van der Waals surface area (Å²) in [6.07, 6.45) is 2.04. The van der Waals surface area contributed by atoms with Gasteiger partial charge in [-0.3, -0.25) is 4.57 Å². The van der Waals surface area contributed by atoms with Crippen molar-refractivity contribution in [2.75, 3.05) is 19.0 Å². The van der Waals surface area contributed by atoms with Crippen molar-refractivity contribution in [3.05, 3.63) is 47.4 Å². The zero-order chi connectivity index (χ0) is 17.5. The van der Waals surface area contributed by atoms with Gasteiger partial charge in [-0.15, -0.1) is 0 Å². The fourth-order valence-corrected chi connectivity index (χ4v) is 3.18. The fourth-order valence-electron chi connectivity index (χ4n) is 2.65. The Morgan fingerprint density at radius 2 is 1.88 bits per heavy atom. The molecule has 0 unspecified atom stereocenters. The number of anilines is 1. The molecule has 0 saturated heterocycles. The Kier molecular flexibility index (Phi) is 4.13. The lowest BCUT2D eigenvalue weighted by Gasteiger charge is -2.19. The number of fused-ring (bicyclic) bond motifs is 1. The molecule has 0 spiro atoms. The molecule has 1 aromatic carbocycles. The molecule has 3 aromatic rings. The minimum absolute atomic E-state index is 0.0145. The number of rotatable bonds is 4.